The van der Waals surface area contributed by atoms with E-state index in [-0.39, 0.29) is 5.56 Å². The molecule has 22 heavy (non-hydrogen) atoms. The summed E-state index contributed by atoms with van der Waals surface area (Å²) in [5.41, 5.74) is 7.82. The Bertz CT molecular complexity index is 922. The molecule has 1 aliphatic rings. The van der Waals surface area contributed by atoms with Gasteiger partial charge >= 0.3 is 0 Å². The van der Waals surface area contributed by atoms with Crippen LogP contribution < -0.4 is 5.56 Å². The molecule has 1 aromatic carbocycles. The van der Waals surface area contributed by atoms with Gasteiger partial charge in [-0.3, -0.25) is 4.79 Å². The third kappa shape index (κ3) is 1.89. The fraction of sp³-hybridized carbons (Fsp3) is 0.353. The first-order chi connectivity index (χ1) is 10.6. The van der Waals surface area contributed by atoms with Gasteiger partial charge in [-0.2, -0.15) is 0 Å². The van der Waals surface area contributed by atoms with Crippen LogP contribution in [-0.4, -0.2) is 19.9 Å². The van der Waals surface area contributed by atoms with Crippen LogP contribution in [0.1, 0.15) is 40.3 Å². The van der Waals surface area contributed by atoms with Crippen LogP contribution in [0.25, 0.3) is 11.0 Å². The molecule has 2 aromatic heterocycles. The lowest BCUT2D eigenvalue weighted by Gasteiger charge is -2.25. The van der Waals surface area contributed by atoms with Crippen LogP contribution in [0.4, 0.5) is 0 Å². The molecule has 5 nitrogen and oxygen atoms in total. The van der Waals surface area contributed by atoms with Crippen LogP contribution in [0, 0.1) is 13.8 Å². The number of hydrogen-bond donors (Lipinski definition) is 2. The largest absolute Gasteiger partial charge is 0.345 e. The lowest BCUT2D eigenvalue weighted by atomic mass is 9.80. The molecule has 0 saturated heterocycles. The van der Waals surface area contributed by atoms with Crippen molar-refractivity contribution in [1.82, 2.24) is 19.9 Å². The summed E-state index contributed by atoms with van der Waals surface area (Å²) in [5.74, 6) is 0.368. The van der Waals surface area contributed by atoms with E-state index >= 15 is 0 Å². The van der Waals surface area contributed by atoms with Crippen LogP contribution >= 0.6 is 0 Å². The Morgan fingerprint density at radius 2 is 2.00 bits per heavy atom. The monoisotopic (exact) mass is 294 g/mol. The van der Waals surface area contributed by atoms with Gasteiger partial charge in [0.2, 0.25) is 0 Å². The van der Waals surface area contributed by atoms with Gasteiger partial charge in [-0.05, 0) is 61.8 Å². The van der Waals surface area contributed by atoms with Crippen molar-refractivity contribution >= 4 is 11.0 Å². The Balaban J connectivity index is 1.86. The van der Waals surface area contributed by atoms with Gasteiger partial charge < -0.3 is 9.97 Å². The zero-order valence-electron chi connectivity index (χ0n) is 12.7. The van der Waals surface area contributed by atoms with E-state index in [1.54, 1.807) is 6.33 Å². The minimum atomic E-state index is 0.00864. The Morgan fingerprint density at radius 3 is 2.86 bits per heavy atom. The maximum atomic E-state index is 11.9. The summed E-state index contributed by atoms with van der Waals surface area (Å²) in [5, 5.41) is 0. The van der Waals surface area contributed by atoms with E-state index in [2.05, 4.69) is 39.8 Å². The highest BCUT2D eigenvalue weighted by atomic mass is 16.1. The summed E-state index contributed by atoms with van der Waals surface area (Å²) in [6, 6.07) is 2.15. The van der Waals surface area contributed by atoms with E-state index in [0.717, 1.165) is 41.6 Å². The average Bonchev–Trinajstić information content (AvgIpc) is 2.96. The van der Waals surface area contributed by atoms with Gasteiger partial charge in [-0.25, -0.2) is 9.97 Å². The number of hydrogen-bond acceptors (Lipinski definition) is 3. The molecule has 2 heterocycles. The van der Waals surface area contributed by atoms with Gasteiger partial charge in [0.15, 0.2) is 0 Å². The first-order valence-corrected chi connectivity index (χ1v) is 7.63. The van der Waals surface area contributed by atoms with Gasteiger partial charge in [-0.15, -0.1) is 0 Å². The smallest absolute Gasteiger partial charge is 0.254 e. The van der Waals surface area contributed by atoms with Crippen LogP contribution in [0.2, 0.25) is 0 Å². The Kier molecular flexibility index (Phi) is 2.89. The Hall–Kier alpha value is -2.43. The van der Waals surface area contributed by atoms with Crippen LogP contribution in [0.5, 0.6) is 0 Å². The Morgan fingerprint density at radius 1 is 1.18 bits per heavy atom. The average molecular weight is 294 g/mol. The summed E-state index contributed by atoms with van der Waals surface area (Å²) < 4.78 is 0. The van der Waals surface area contributed by atoms with Crippen molar-refractivity contribution in [2.24, 2.45) is 0 Å². The third-order valence-electron chi connectivity index (χ3n) is 4.91. The van der Waals surface area contributed by atoms with E-state index in [1.807, 2.05) is 0 Å². The molecule has 5 heteroatoms. The van der Waals surface area contributed by atoms with Gasteiger partial charge in [0.25, 0.3) is 5.56 Å². The number of imidazole rings is 1. The van der Waals surface area contributed by atoms with E-state index in [4.69, 9.17) is 0 Å². The fourth-order valence-electron chi connectivity index (χ4n) is 3.64. The molecule has 112 valence electrons. The molecular weight excluding hydrogens is 276 g/mol. The number of H-pyrrole nitrogens is 2. The van der Waals surface area contributed by atoms with E-state index in [1.165, 1.54) is 23.0 Å². The number of aromatic amines is 2. The molecule has 1 atom stereocenters. The van der Waals surface area contributed by atoms with Crippen molar-refractivity contribution in [2.75, 3.05) is 0 Å². The number of fused-ring (bicyclic) bond motifs is 2. The molecule has 4 rings (SSSR count). The predicted molar refractivity (Wildman–Crippen MR) is 85.2 cm³/mol. The van der Waals surface area contributed by atoms with Crippen molar-refractivity contribution in [3.63, 3.8) is 0 Å². The van der Waals surface area contributed by atoms with E-state index < -0.39 is 0 Å². The predicted octanol–water partition coefficient (Wildman–Crippen LogP) is 2.54. The van der Waals surface area contributed by atoms with Crippen molar-refractivity contribution in [3.8, 4) is 0 Å². The van der Waals surface area contributed by atoms with Crippen molar-refractivity contribution in [2.45, 2.75) is 39.0 Å². The number of nitrogens with one attached hydrogen (secondary N) is 2. The molecule has 2 N–H and O–H groups in total. The Labute approximate surface area is 127 Å². The second-order valence-corrected chi connectivity index (χ2v) is 6.13. The summed E-state index contributed by atoms with van der Waals surface area (Å²) in [6.45, 7) is 4.30. The summed E-state index contributed by atoms with van der Waals surface area (Å²) in [4.78, 5) is 26.7. The fourth-order valence-corrected chi connectivity index (χ4v) is 3.64. The topological polar surface area (TPSA) is 74.4 Å². The third-order valence-corrected chi connectivity index (χ3v) is 4.91. The number of benzene rings is 1. The van der Waals surface area contributed by atoms with Crippen molar-refractivity contribution in [1.29, 1.82) is 0 Å². The quantitative estimate of drug-likeness (QED) is 0.724. The first-order valence-electron chi connectivity index (χ1n) is 7.63. The maximum absolute atomic E-state index is 11.9. The normalized spacial score (nSPS) is 17.6. The number of aryl methyl sites for hydroxylation is 1. The molecule has 0 amide bonds. The molecule has 0 saturated carbocycles. The minimum Gasteiger partial charge on any atom is -0.345 e. The molecular formula is C17H18N4O. The van der Waals surface area contributed by atoms with E-state index in [9.17, 15) is 4.79 Å². The molecule has 1 aliphatic carbocycles. The van der Waals surface area contributed by atoms with E-state index in [0.29, 0.717) is 5.92 Å². The molecule has 0 spiro atoms. The standard InChI is InChI=1S/C17H18N4O/c1-9-5-14-16(20-7-19-14)15(10(9)2)11-3-4-12-13(6-11)18-8-21-17(12)22/h5,7-8,11H,3-4,6H2,1-2H3,(H,19,20)(H,18,21,22). The summed E-state index contributed by atoms with van der Waals surface area (Å²) >= 11 is 0. The lowest BCUT2D eigenvalue weighted by molar-refractivity contribution is 0.566. The first kappa shape index (κ1) is 13.2. The lowest BCUT2D eigenvalue weighted by Crippen LogP contribution is -2.24. The summed E-state index contributed by atoms with van der Waals surface area (Å²) in [6.07, 6.45) is 5.82. The van der Waals surface area contributed by atoms with Gasteiger partial charge in [0.05, 0.1) is 29.4 Å². The maximum Gasteiger partial charge on any atom is 0.254 e. The zero-order chi connectivity index (χ0) is 15.3. The highest BCUT2D eigenvalue weighted by Crippen LogP contribution is 2.36. The summed E-state index contributed by atoms with van der Waals surface area (Å²) in [7, 11) is 0. The molecule has 0 aliphatic heterocycles. The molecule has 0 radical (unpaired) electrons. The second-order valence-electron chi connectivity index (χ2n) is 6.13. The van der Waals surface area contributed by atoms with Gasteiger partial charge in [-0.1, -0.05) is 0 Å². The molecule has 0 fully saturated rings. The van der Waals surface area contributed by atoms with Crippen LogP contribution in [0.15, 0.2) is 23.5 Å². The second kappa shape index (κ2) is 4.80. The molecule has 1 unspecified atom stereocenters. The van der Waals surface area contributed by atoms with Crippen LogP contribution in [-0.2, 0) is 12.8 Å². The van der Waals surface area contributed by atoms with Gasteiger partial charge in [0, 0.05) is 5.56 Å². The number of rotatable bonds is 1. The number of nitrogens with zero attached hydrogens (tertiary/aromatic N) is 2. The highest BCUT2D eigenvalue weighted by molar-refractivity contribution is 5.81. The van der Waals surface area contributed by atoms with Crippen LogP contribution in [0.3, 0.4) is 0 Å². The minimum absolute atomic E-state index is 0.00864. The SMILES string of the molecule is Cc1cc2[nH]cnc2c(C2CCc3c(nc[nH]c3=O)C2)c1C. The van der Waals surface area contributed by atoms with Crippen molar-refractivity contribution in [3.05, 3.63) is 57.0 Å². The van der Waals surface area contributed by atoms with Gasteiger partial charge in [0.1, 0.15) is 0 Å². The molecule has 0 bridgehead atoms. The molecule has 3 aromatic rings. The highest BCUT2D eigenvalue weighted by Gasteiger charge is 2.26. The zero-order valence-corrected chi connectivity index (χ0v) is 12.7. The van der Waals surface area contributed by atoms with Crippen molar-refractivity contribution < 1.29 is 0 Å². The number of aromatic nitrogens is 4.